The van der Waals surface area contributed by atoms with Crippen LogP contribution in [0.15, 0.2) is 30.6 Å². The summed E-state index contributed by atoms with van der Waals surface area (Å²) in [6.07, 6.45) is 2.87. The van der Waals surface area contributed by atoms with E-state index in [-0.39, 0.29) is 0 Å². The van der Waals surface area contributed by atoms with Gasteiger partial charge in [0, 0.05) is 11.4 Å². The molecule has 0 amide bonds. The highest BCUT2D eigenvalue weighted by atomic mass is 19.2. The van der Waals surface area contributed by atoms with Gasteiger partial charge < -0.3 is 0 Å². The lowest BCUT2D eigenvalue weighted by Crippen LogP contribution is -2.00. The molecule has 0 unspecified atom stereocenters. The molecule has 0 saturated carbocycles. The van der Waals surface area contributed by atoms with E-state index in [2.05, 4.69) is 23.8 Å². The molecule has 0 aliphatic heterocycles. The second kappa shape index (κ2) is 5.87. The van der Waals surface area contributed by atoms with E-state index in [0.717, 1.165) is 23.0 Å². The van der Waals surface area contributed by atoms with Gasteiger partial charge in [0.1, 0.15) is 6.33 Å². The first-order chi connectivity index (χ1) is 9.06. The number of hydrogen-bond acceptors (Lipinski definition) is 2. The molecule has 0 saturated heterocycles. The summed E-state index contributed by atoms with van der Waals surface area (Å²) in [6, 6.07) is 5.96. The third-order valence-electron chi connectivity index (χ3n) is 2.99. The fraction of sp³-hybridized carbons (Fsp3) is 0.333. The van der Waals surface area contributed by atoms with Crippen LogP contribution in [0.2, 0.25) is 0 Å². The van der Waals surface area contributed by atoms with E-state index < -0.39 is 11.6 Å². The minimum Gasteiger partial charge on any atom is -0.241 e. The zero-order valence-corrected chi connectivity index (χ0v) is 11.0. The molecule has 19 heavy (non-hydrogen) atoms. The molecule has 0 atom stereocenters. The highest BCUT2D eigenvalue weighted by molar-refractivity contribution is 5.20. The van der Waals surface area contributed by atoms with Gasteiger partial charge in [-0.2, -0.15) is 0 Å². The van der Waals surface area contributed by atoms with Gasteiger partial charge in [-0.3, -0.25) is 0 Å². The number of rotatable bonds is 4. The molecule has 0 aliphatic rings. The van der Waals surface area contributed by atoms with Gasteiger partial charge in [0.2, 0.25) is 0 Å². The highest BCUT2D eigenvalue weighted by Crippen LogP contribution is 2.14. The van der Waals surface area contributed by atoms with Crippen molar-refractivity contribution in [2.45, 2.75) is 32.6 Å². The van der Waals surface area contributed by atoms with Gasteiger partial charge in [0.25, 0.3) is 0 Å². The van der Waals surface area contributed by atoms with Crippen LogP contribution >= 0.6 is 0 Å². The monoisotopic (exact) mass is 262 g/mol. The normalized spacial score (nSPS) is 11.0. The molecular formula is C15H16F2N2. The summed E-state index contributed by atoms with van der Waals surface area (Å²) in [5.74, 6) is -1.26. The average Bonchev–Trinajstić information content (AvgIpc) is 2.40. The predicted octanol–water partition coefficient (Wildman–Crippen LogP) is 3.66. The van der Waals surface area contributed by atoms with E-state index in [1.54, 1.807) is 12.4 Å². The van der Waals surface area contributed by atoms with Gasteiger partial charge in [-0.25, -0.2) is 18.7 Å². The summed E-state index contributed by atoms with van der Waals surface area (Å²) in [7, 11) is 0. The Kier molecular flexibility index (Phi) is 4.20. The van der Waals surface area contributed by atoms with Crippen LogP contribution in [-0.4, -0.2) is 9.97 Å². The number of benzene rings is 1. The Morgan fingerprint density at radius 3 is 2.47 bits per heavy atom. The molecule has 0 bridgehead atoms. The average molecular weight is 262 g/mol. The van der Waals surface area contributed by atoms with Crippen molar-refractivity contribution in [2.24, 2.45) is 0 Å². The maximum absolute atomic E-state index is 13.1. The van der Waals surface area contributed by atoms with Crippen LogP contribution < -0.4 is 0 Å². The van der Waals surface area contributed by atoms with Crippen LogP contribution in [0.1, 0.15) is 36.7 Å². The highest BCUT2D eigenvalue weighted by Gasteiger charge is 2.05. The van der Waals surface area contributed by atoms with Crippen LogP contribution in [-0.2, 0) is 12.8 Å². The first-order valence-corrected chi connectivity index (χ1v) is 6.31. The molecule has 2 aromatic rings. The Morgan fingerprint density at radius 2 is 1.79 bits per heavy atom. The molecule has 0 radical (unpaired) electrons. The van der Waals surface area contributed by atoms with Gasteiger partial charge in [0.15, 0.2) is 11.6 Å². The maximum atomic E-state index is 13.1. The largest absolute Gasteiger partial charge is 0.241 e. The molecule has 0 spiro atoms. The first kappa shape index (κ1) is 13.6. The Balaban J connectivity index is 2.05. The molecule has 2 nitrogen and oxygen atoms in total. The lowest BCUT2D eigenvalue weighted by atomic mass is 10.1. The smallest absolute Gasteiger partial charge is 0.159 e. The van der Waals surface area contributed by atoms with Crippen molar-refractivity contribution in [1.29, 1.82) is 0 Å². The minimum atomic E-state index is -0.812. The quantitative estimate of drug-likeness (QED) is 0.840. The van der Waals surface area contributed by atoms with E-state index in [0.29, 0.717) is 18.8 Å². The molecule has 0 aliphatic carbocycles. The van der Waals surface area contributed by atoms with Crippen LogP contribution in [0, 0.1) is 11.6 Å². The van der Waals surface area contributed by atoms with Crippen molar-refractivity contribution in [3.63, 3.8) is 0 Å². The number of halogens is 2. The van der Waals surface area contributed by atoms with E-state index in [1.807, 2.05) is 6.07 Å². The summed E-state index contributed by atoms with van der Waals surface area (Å²) in [6.45, 7) is 4.14. The van der Waals surface area contributed by atoms with Crippen molar-refractivity contribution >= 4 is 0 Å². The fourth-order valence-electron chi connectivity index (χ4n) is 1.83. The lowest BCUT2D eigenvalue weighted by molar-refractivity contribution is 0.507. The number of hydrogen-bond donors (Lipinski definition) is 0. The summed E-state index contributed by atoms with van der Waals surface area (Å²) >= 11 is 0. The summed E-state index contributed by atoms with van der Waals surface area (Å²) < 4.78 is 25.9. The van der Waals surface area contributed by atoms with Gasteiger partial charge in [-0.1, -0.05) is 19.9 Å². The van der Waals surface area contributed by atoms with E-state index >= 15 is 0 Å². The molecule has 0 fully saturated rings. The molecule has 2 rings (SSSR count). The molecule has 1 aromatic carbocycles. The lowest BCUT2D eigenvalue weighted by Gasteiger charge is -2.06. The second-order valence-electron chi connectivity index (χ2n) is 4.84. The first-order valence-electron chi connectivity index (χ1n) is 6.31. The van der Waals surface area contributed by atoms with Gasteiger partial charge in [-0.15, -0.1) is 0 Å². The summed E-state index contributed by atoms with van der Waals surface area (Å²) in [5, 5.41) is 0. The number of aryl methyl sites for hydroxylation is 2. The Hall–Kier alpha value is -1.84. The topological polar surface area (TPSA) is 25.8 Å². The SMILES string of the molecule is CC(C)c1cc(CCc2ccc(F)c(F)c2)ncn1. The van der Waals surface area contributed by atoms with Crippen molar-refractivity contribution < 1.29 is 8.78 Å². The van der Waals surface area contributed by atoms with Crippen molar-refractivity contribution in [2.75, 3.05) is 0 Å². The predicted molar refractivity (Wildman–Crippen MR) is 69.9 cm³/mol. The van der Waals surface area contributed by atoms with Crippen LogP contribution in [0.5, 0.6) is 0 Å². The van der Waals surface area contributed by atoms with E-state index in [9.17, 15) is 8.78 Å². The third kappa shape index (κ3) is 3.56. The Labute approximate surface area is 111 Å². The summed E-state index contributed by atoms with van der Waals surface area (Å²) in [4.78, 5) is 8.40. The third-order valence-corrected chi connectivity index (χ3v) is 2.99. The molecular weight excluding hydrogens is 246 g/mol. The van der Waals surface area contributed by atoms with Crippen molar-refractivity contribution in [1.82, 2.24) is 9.97 Å². The van der Waals surface area contributed by atoms with Gasteiger partial charge >= 0.3 is 0 Å². The number of aromatic nitrogens is 2. The van der Waals surface area contributed by atoms with Crippen molar-refractivity contribution in [3.05, 3.63) is 59.2 Å². The zero-order valence-electron chi connectivity index (χ0n) is 11.0. The van der Waals surface area contributed by atoms with Crippen LogP contribution in [0.4, 0.5) is 8.78 Å². The van der Waals surface area contributed by atoms with Gasteiger partial charge in [-0.05, 0) is 42.5 Å². The Bertz CT molecular complexity index is 568. The zero-order chi connectivity index (χ0) is 13.8. The molecule has 1 aromatic heterocycles. The fourth-order valence-corrected chi connectivity index (χ4v) is 1.83. The summed E-state index contributed by atoms with van der Waals surface area (Å²) in [5.41, 5.74) is 2.68. The second-order valence-corrected chi connectivity index (χ2v) is 4.84. The van der Waals surface area contributed by atoms with Gasteiger partial charge in [0.05, 0.1) is 0 Å². The van der Waals surface area contributed by atoms with Crippen LogP contribution in [0.3, 0.4) is 0 Å². The van der Waals surface area contributed by atoms with Crippen LogP contribution in [0.25, 0.3) is 0 Å². The standard InChI is InChI=1S/C15H16F2N2/c1-10(2)15-8-12(18-9-19-15)5-3-11-4-6-13(16)14(17)7-11/h4,6-10H,3,5H2,1-2H3. The molecule has 4 heteroatoms. The minimum absolute atomic E-state index is 0.352. The van der Waals surface area contributed by atoms with E-state index in [1.165, 1.54) is 6.07 Å². The molecule has 1 heterocycles. The Morgan fingerprint density at radius 1 is 1.00 bits per heavy atom. The van der Waals surface area contributed by atoms with Crippen molar-refractivity contribution in [3.8, 4) is 0 Å². The maximum Gasteiger partial charge on any atom is 0.159 e. The molecule has 0 N–H and O–H groups in total. The molecule has 100 valence electrons. The van der Waals surface area contributed by atoms with E-state index in [4.69, 9.17) is 0 Å². The number of nitrogens with zero attached hydrogens (tertiary/aromatic N) is 2.